The summed E-state index contributed by atoms with van der Waals surface area (Å²) in [4.78, 5) is 37.3. The van der Waals surface area contributed by atoms with E-state index >= 15 is 0 Å². The van der Waals surface area contributed by atoms with E-state index in [0.29, 0.717) is 12.3 Å². The molecule has 1 aromatic carbocycles. The van der Waals surface area contributed by atoms with Gasteiger partial charge in [-0.1, -0.05) is 0 Å². The Morgan fingerprint density at radius 1 is 1.22 bits per heavy atom. The molecule has 32 heavy (non-hydrogen) atoms. The summed E-state index contributed by atoms with van der Waals surface area (Å²) in [6.45, 7) is 0.920. The van der Waals surface area contributed by atoms with Crippen LogP contribution in [0.25, 0.3) is 0 Å². The third-order valence-electron chi connectivity index (χ3n) is 4.90. The van der Waals surface area contributed by atoms with Crippen LogP contribution in [0.5, 0.6) is 5.75 Å². The quantitative estimate of drug-likeness (QED) is 0.474. The topological polar surface area (TPSA) is 118 Å². The number of sulfone groups is 1. The highest BCUT2D eigenvalue weighted by Gasteiger charge is 2.43. The number of amides is 1. The molecule has 1 amide bonds. The van der Waals surface area contributed by atoms with Crippen LogP contribution in [-0.4, -0.2) is 62.4 Å². The Labute approximate surface area is 182 Å². The Hall–Kier alpha value is -2.89. The molecule has 0 aromatic heterocycles. The van der Waals surface area contributed by atoms with E-state index in [4.69, 9.17) is 4.74 Å². The van der Waals surface area contributed by atoms with Gasteiger partial charge in [0.1, 0.15) is 21.8 Å². The summed E-state index contributed by atoms with van der Waals surface area (Å²) >= 11 is 0. The molecule has 0 saturated carbocycles. The van der Waals surface area contributed by atoms with Gasteiger partial charge in [0.25, 0.3) is 5.91 Å². The van der Waals surface area contributed by atoms with Crippen molar-refractivity contribution in [3.05, 3.63) is 34.6 Å². The molecule has 2 rings (SSSR count). The minimum absolute atomic E-state index is 0.0587. The Morgan fingerprint density at radius 2 is 1.84 bits per heavy atom. The van der Waals surface area contributed by atoms with Gasteiger partial charge in [-0.15, -0.1) is 0 Å². The number of hydrogen-bond donors (Lipinski definition) is 1. The summed E-state index contributed by atoms with van der Waals surface area (Å²) in [5.41, 5.74) is -3.58. The van der Waals surface area contributed by atoms with Crippen molar-refractivity contribution in [3.63, 3.8) is 0 Å². The van der Waals surface area contributed by atoms with Gasteiger partial charge in [0.2, 0.25) is 5.78 Å². The van der Waals surface area contributed by atoms with Gasteiger partial charge >= 0.3 is 6.18 Å². The number of carbonyl (C=O) groups is 3. The zero-order valence-corrected chi connectivity index (χ0v) is 18.4. The average Bonchev–Trinajstić information content (AvgIpc) is 2.68. The van der Waals surface area contributed by atoms with Gasteiger partial charge in [0.05, 0.1) is 0 Å². The molecule has 1 aliphatic carbocycles. The third kappa shape index (κ3) is 5.29. The highest BCUT2D eigenvalue weighted by molar-refractivity contribution is 7.90. The summed E-state index contributed by atoms with van der Waals surface area (Å²) < 4.78 is 71.5. The van der Waals surface area contributed by atoms with E-state index in [2.05, 4.69) is 0 Å². The zero-order chi connectivity index (χ0) is 24.4. The molecule has 1 N–H and O–H groups in total. The predicted molar refractivity (Wildman–Crippen MR) is 106 cm³/mol. The first-order chi connectivity index (χ1) is 14.7. The lowest BCUT2D eigenvalue weighted by Gasteiger charge is -2.22. The number of ketones is 2. The maximum atomic E-state index is 14.1. The number of aliphatic hydroxyl groups is 1. The van der Waals surface area contributed by atoms with Gasteiger partial charge in [-0.05, 0) is 25.5 Å². The number of carbonyl (C=O) groups excluding carboxylic acids is 3. The number of likely N-dealkylation sites (N-methyl/N-ethyl adjacent to an activating group) is 1. The van der Waals surface area contributed by atoms with Crippen LogP contribution >= 0.6 is 0 Å². The second-order valence-electron chi connectivity index (χ2n) is 7.21. The van der Waals surface area contributed by atoms with E-state index < -0.39 is 73.2 Å². The normalized spacial score (nSPS) is 15.0. The molecule has 12 heteroatoms. The fraction of sp³-hybridized carbons (Fsp3) is 0.450. The number of allylic oxidation sites excluding steroid dienone is 2. The van der Waals surface area contributed by atoms with Crippen molar-refractivity contribution in [1.82, 2.24) is 4.90 Å². The Balaban J connectivity index is 2.75. The molecule has 0 spiro atoms. The van der Waals surface area contributed by atoms with E-state index in [1.807, 2.05) is 0 Å². The maximum absolute atomic E-state index is 14.1. The fourth-order valence-corrected chi connectivity index (χ4v) is 3.92. The van der Waals surface area contributed by atoms with E-state index in [0.717, 1.165) is 11.0 Å². The summed E-state index contributed by atoms with van der Waals surface area (Å²) in [6, 6.07) is 1.36. The van der Waals surface area contributed by atoms with Crippen molar-refractivity contribution in [2.75, 3.05) is 26.5 Å². The number of benzene rings is 1. The van der Waals surface area contributed by atoms with Crippen LogP contribution in [-0.2, 0) is 25.6 Å². The van der Waals surface area contributed by atoms with Crippen molar-refractivity contribution >= 4 is 27.3 Å². The van der Waals surface area contributed by atoms with Crippen molar-refractivity contribution in [2.24, 2.45) is 0 Å². The van der Waals surface area contributed by atoms with Crippen LogP contribution in [0.3, 0.4) is 0 Å². The molecule has 1 aromatic rings. The van der Waals surface area contributed by atoms with Gasteiger partial charge in [0.15, 0.2) is 28.0 Å². The first-order valence-corrected chi connectivity index (χ1v) is 11.4. The van der Waals surface area contributed by atoms with Crippen LogP contribution in [0, 0.1) is 0 Å². The van der Waals surface area contributed by atoms with Gasteiger partial charge in [-0.3, -0.25) is 14.4 Å². The minimum atomic E-state index is -5.28. The number of ether oxygens (including phenoxy) is 1. The van der Waals surface area contributed by atoms with Crippen LogP contribution in [0.2, 0.25) is 0 Å². The van der Waals surface area contributed by atoms with E-state index in [1.165, 1.54) is 7.05 Å². The van der Waals surface area contributed by atoms with E-state index in [9.17, 15) is 41.1 Å². The molecule has 0 unspecified atom stereocenters. The molecular formula is C20H22F3NO7S. The smallest absolute Gasteiger partial charge is 0.420 e. The molecule has 1 aliphatic rings. The molecule has 176 valence electrons. The highest BCUT2D eigenvalue weighted by Crippen LogP contribution is 2.43. The first kappa shape index (κ1) is 25.4. The Bertz CT molecular complexity index is 1090. The van der Waals surface area contributed by atoms with Crippen molar-refractivity contribution < 1.29 is 45.8 Å². The van der Waals surface area contributed by atoms with Crippen LogP contribution in [0.1, 0.15) is 42.1 Å². The number of rotatable bonds is 7. The summed E-state index contributed by atoms with van der Waals surface area (Å²) in [5, 5.41) is 9.96. The molecular weight excluding hydrogens is 455 g/mol. The van der Waals surface area contributed by atoms with Crippen molar-refractivity contribution in [2.45, 2.75) is 37.3 Å². The lowest BCUT2D eigenvalue weighted by Crippen LogP contribution is -2.32. The summed E-state index contributed by atoms with van der Waals surface area (Å²) in [5.74, 6) is -4.79. The fourth-order valence-electron chi connectivity index (χ4n) is 3.11. The number of hydrogen-bond acceptors (Lipinski definition) is 7. The van der Waals surface area contributed by atoms with Crippen molar-refractivity contribution in [3.8, 4) is 5.75 Å². The van der Waals surface area contributed by atoms with Crippen molar-refractivity contribution in [1.29, 1.82) is 0 Å². The van der Waals surface area contributed by atoms with Gasteiger partial charge in [0, 0.05) is 38.3 Å². The first-order valence-electron chi connectivity index (χ1n) is 9.51. The molecule has 0 atom stereocenters. The molecule has 0 radical (unpaired) electrons. The second-order valence-corrected chi connectivity index (χ2v) is 9.19. The third-order valence-corrected chi connectivity index (χ3v) is 6.02. The minimum Gasteiger partial charge on any atom is -0.511 e. The Morgan fingerprint density at radius 3 is 2.34 bits per heavy atom. The standard InChI is InChI=1S/C20H22F3NO7S/c1-4-24(2)15(27)10-31-19-14(32(3,29)30)9-8-11(17(19)20(21,22)23)18(28)16-12(25)6-5-7-13(16)26/h8-9,25H,4-7,10H2,1-3H3. The summed E-state index contributed by atoms with van der Waals surface area (Å²) in [7, 11) is -2.90. The molecule has 0 heterocycles. The molecule has 8 nitrogen and oxygen atoms in total. The van der Waals surface area contributed by atoms with Gasteiger partial charge < -0.3 is 14.7 Å². The average molecular weight is 477 g/mol. The SMILES string of the molecule is CCN(C)C(=O)COc1c(S(C)(=O)=O)ccc(C(=O)C2=C(O)CCCC2=O)c1C(F)(F)F. The van der Waals surface area contributed by atoms with Gasteiger partial charge in [-0.25, -0.2) is 8.42 Å². The zero-order valence-electron chi connectivity index (χ0n) is 17.6. The highest BCUT2D eigenvalue weighted by atomic mass is 32.2. The number of halogens is 3. The Kier molecular flexibility index (Phi) is 7.38. The largest absolute Gasteiger partial charge is 0.511 e. The lowest BCUT2D eigenvalue weighted by molar-refractivity contribution is -0.141. The van der Waals surface area contributed by atoms with E-state index in [-0.39, 0.29) is 25.8 Å². The summed E-state index contributed by atoms with van der Waals surface area (Å²) in [6.07, 6.45) is -4.58. The number of Topliss-reactive ketones (excluding diaryl/α,β-unsaturated/α-hetero) is 2. The van der Waals surface area contributed by atoms with Crippen LogP contribution < -0.4 is 4.74 Å². The number of aliphatic hydroxyl groups excluding tert-OH is 1. The molecule has 0 aliphatic heterocycles. The lowest BCUT2D eigenvalue weighted by atomic mass is 9.88. The molecule has 0 fully saturated rings. The predicted octanol–water partition coefficient (Wildman–Crippen LogP) is 2.71. The number of nitrogens with zero attached hydrogens (tertiary/aromatic N) is 1. The van der Waals surface area contributed by atoms with Crippen LogP contribution in [0.4, 0.5) is 13.2 Å². The second kappa shape index (κ2) is 9.31. The van der Waals surface area contributed by atoms with Crippen LogP contribution in [0.15, 0.2) is 28.4 Å². The maximum Gasteiger partial charge on any atom is 0.420 e. The molecule has 0 bridgehead atoms. The molecule has 0 saturated heterocycles. The van der Waals surface area contributed by atoms with E-state index in [1.54, 1.807) is 6.92 Å². The monoisotopic (exact) mass is 477 g/mol. The number of alkyl halides is 3. The van der Waals surface area contributed by atoms with Gasteiger partial charge in [-0.2, -0.15) is 13.2 Å².